The maximum absolute atomic E-state index is 12.3. The Balaban J connectivity index is 1.72. The molecule has 0 aliphatic heterocycles. The number of hydrogen-bond donors (Lipinski definition) is 3. The number of halogens is 1. The molecule has 0 saturated carbocycles. The lowest BCUT2D eigenvalue weighted by molar-refractivity contribution is 0.0950. The highest BCUT2D eigenvalue weighted by Crippen LogP contribution is 2.32. The number of phenolic OH excluding ortho intramolecular Hbond substituents is 1. The first kappa shape index (κ1) is 21.4. The van der Waals surface area contributed by atoms with Gasteiger partial charge in [0.2, 0.25) is 0 Å². The number of ether oxygens (including phenoxy) is 2. The number of rotatable bonds is 7. The highest BCUT2D eigenvalue weighted by Gasteiger charge is 2.13. The summed E-state index contributed by atoms with van der Waals surface area (Å²) in [6.07, 6.45) is 1.37. The van der Waals surface area contributed by atoms with Gasteiger partial charge in [-0.15, -0.1) is 0 Å². The standard InChI is InChI=1S/C21H21BrN4O4/c1-12(2)30-19-7-4-13(9-20(19)29-3)16-10-17(25-24-16)21(28)26-23-11-14-8-15(22)5-6-18(14)27/h4-12,27H,1-3H3,(H,24,25)(H,26,28). The molecule has 156 valence electrons. The van der Waals surface area contributed by atoms with Gasteiger partial charge in [-0.25, -0.2) is 5.43 Å². The molecule has 0 aliphatic carbocycles. The predicted molar refractivity (Wildman–Crippen MR) is 117 cm³/mol. The maximum atomic E-state index is 12.3. The van der Waals surface area contributed by atoms with E-state index in [1.807, 2.05) is 19.9 Å². The number of hydrogen-bond acceptors (Lipinski definition) is 6. The third kappa shape index (κ3) is 5.18. The van der Waals surface area contributed by atoms with Gasteiger partial charge in [-0.1, -0.05) is 15.9 Å². The molecule has 0 bridgehead atoms. The van der Waals surface area contributed by atoms with Crippen molar-refractivity contribution in [2.24, 2.45) is 5.10 Å². The minimum Gasteiger partial charge on any atom is -0.507 e. The summed E-state index contributed by atoms with van der Waals surface area (Å²) in [5, 5.41) is 20.6. The molecule has 1 heterocycles. The van der Waals surface area contributed by atoms with Gasteiger partial charge in [0.1, 0.15) is 11.4 Å². The summed E-state index contributed by atoms with van der Waals surface area (Å²) in [5.41, 5.74) is 4.44. The molecule has 3 N–H and O–H groups in total. The molecule has 9 heteroatoms. The SMILES string of the molecule is COc1cc(-c2cc(C(=O)NN=Cc3cc(Br)ccc3O)[nH]n2)ccc1OC(C)C. The number of phenols is 1. The summed E-state index contributed by atoms with van der Waals surface area (Å²) < 4.78 is 11.9. The molecular formula is C21H21BrN4O4. The number of amides is 1. The first-order valence-corrected chi connectivity index (χ1v) is 9.89. The van der Waals surface area contributed by atoms with Crippen LogP contribution in [-0.2, 0) is 0 Å². The van der Waals surface area contributed by atoms with Crippen LogP contribution in [0.5, 0.6) is 17.2 Å². The van der Waals surface area contributed by atoms with Crippen molar-refractivity contribution in [1.82, 2.24) is 15.6 Å². The number of methoxy groups -OCH3 is 1. The number of nitrogens with zero attached hydrogens (tertiary/aromatic N) is 2. The predicted octanol–water partition coefficient (Wildman–Crippen LogP) is 4.10. The van der Waals surface area contributed by atoms with E-state index in [1.165, 1.54) is 12.3 Å². The summed E-state index contributed by atoms with van der Waals surface area (Å²) in [4.78, 5) is 12.3. The van der Waals surface area contributed by atoms with Crippen LogP contribution in [0.25, 0.3) is 11.3 Å². The van der Waals surface area contributed by atoms with Crippen LogP contribution >= 0.6 is 15.9 Å². The van der Waals surface area contributed by atoms with Crippen molar-refractivity contribution in [2.45, 2.75) is 20.0 Å². The lowest BCUT2D eigenvalue weighted by atomic mass is 10.1. The zero-order chi connectivity index (χ0) is 21.7. The normalized spacial score (nSPS) is 11.1. The fraction of sp³-hybridized carbons (Fsp3) is 0.190. The fourth-order valence-electron chi connectivity index (χ4n) is 2.61. The lowest BCUT2D eigenvalue weighted by Gasteiger charge is -2.14. The number of aromatic amines is 1. The van der Waals surface area contributed by atoms with Gasteiger partial charge in [-0.2, -0.15) is 10.2 Å². The number of hydrazone groups is 1. The fourth-order valence-corrected chi connectivity index (χ4v) is 2.99. The van der Waals surface area contributed by atoms with Crippen LogP contribution in [0.1, 0.15) is 29.9 Å². The van der Waals surface area contributed by atoms with Crippen LogP contribution in [0.15, 0.2) is 52.0 Å². The number of carbonyl (C=O) groups is 1. The molecule has 0 spiro atoms. The molecule has 3 rings (SSSR count). The van der Waals surface area contributed by atoms with Crippen LogP contribution in [0.3, 0.4) is 0 Å². The van der Waals surface area contributed by atoms with E-state index in [9.17, 15) is 9.90 Å². The Bertz CT molecular complexity index is 1080. The zero-order valence-corrected chi connectivity index (χ0v) is 18.2. The average Bonchev–Trinajstić information content (AvgIpc) is 3.21. The van der Waals surface area contributed by atoms with E-state index in [0.717, 1.165) is 10.0 Å². The molecular weight excluding hydrogens is 452 g/mol. The van der Waals surface area contributed by atoms with Crippen molar-refractivity contribution >= 4 is 28.1 Å². The van der Waals surface area contributed by atoms with E-state index in [0.29, 0.717) is 22.8 Å². The van der Waals surface area contributed by atoms with Crippen molar-refractivity contribution in [1.29, 1.82) is 0 Å². The molecule has 0 radical (unpaired) electrons. The monoisotopic (exact) mass is 472 g/mol. The summed E-state index contributed by atoms with van der Waals surface area (Å²) in [5.74, 6) is 0.800. The number of aromatic hydroxyl groups is 1. The van der Waals surface area contributed by atoms with Crippen LogP contribution < -0.4 is 14.9 Å². The van der Waals surface area contributed by atoms with Crippen molar-refractivity contribution in [3.8, 4) is 28.5 Å². The van der Waals surface area contributed by atoms with Gasteiger partial charge in [0.25, 0.3) is 5.91 Å². The molecule has 0 aliphatic rings. The van der Waals surface area contributed by atoms with E-state index in [1.54, 1.807) is 37.4 Å². The third-order valence-corrected chi connectivity index (χ3v) is 4.50. The van der Waals surface area contributed by atoms with Gasteiger partial charge >= 0.3 is 0 Å². The summed E-state index contributed by atoms with van der Waals surface area (Å²) in [6.45, 7) is 3.87. The first-order chi connectivity index (χ1) is 14.4. The van der Waals surface area contributed by atoms with E-state index in [2.05, 4.69) is 36.7 Å². The van der Waals surface area contributed by atoms with Gasteiger partial charge in [0.15, 0.2) is 11.5 Å². The minimum absolute atomic E-state index is 0.0184. The molecule has 30 heavy (non-hydrogen) atoms. The Morgan fingerprint density at radius 1 is 1.23 bits per heavy atom. The lowest BCUT2D eigenvalue weighted by Crippen LogP contribution is -2.18. The number of H-pyrrole nitrogens is 1. The molecule has 0 saturated heterocycles. The van der Waals surface area contributed by atoms with Crippen molar-refractivity contribution in [2.75, 3.05) is 7.11 Å². The van der Waals surface area contributed by atoms with Crippen molar-refractivity contribution in [3.63, 3.8) is 0 Å². The number of carbonyl (C=O) groups excluding carboxylic acids is 1. The van der Waals surface area contributed by atoms with E-state index in [4.69, 9.17) is 9.47 Å². The average molecular weight is 473 g/mol. The molecule has 0 fully saturated rings. The van der Waals surface area contributed by atoms with Crippen LogP contribution in [0.2, 0.25) is 0 Å². The third-order valence-electron chi connectivity index (χ3n) is 4.00. The second-order valence-electron chi connectivity index (χ2n) is 6.60. The van der Waals surface area contributed by atoms with Crippen LogP contribution in [0.4, 0.5) is 0 Å². The largest absolute Gasteiger partial charge is 0.507 e. The number of benzene rings is 2. The maximum Gasteiger partial charge on any atom is 0.289 e. The zero-order valence-electron chi connectivity index (χ0n) is 16.6. The summed E-state index contributed by atoms with van der Waals surface area (Å²) in [6, 6.07) is 12.0. The van der Waals surface area contributed by atoms with Gasteiger partial charge in [0, 0.05) is 15.6 Å². The highest BCUT2D eigenvalue weighted by molar-refractivity contribution is 9.10. The Hall–Kier alpha value is -3.33. The van der Waals surface area contributed by atoms with Crippen LogP contribution in [0, 0.1) is 0 Å². The van der Waals surface area contributed by atoms with E-state index in [-0.39, 0.29) is 17.5 Å². The smallest absolute Gasteiger partial charge is 0.289 e. The Morgan fingerprint density at radius 2 is 2.03 bits per heavy atom. The quantitative estimate of drug-likeness (QED) is 0.354. The summed E-state index contributed by atoms with van der Waals surface area (Å²) >= 11 is 3.31. The van der Waals surface area contributed by atoms with Gasteiger partial charge < -0.3 is 14.6 Å². The minimum atomic E-state index is -0.466. The van der Waals surface area contributed by atoms with Crippen LogP contribution in [-0.4, -0.2) is 40.6 Å². The van der Waals surface area contributed by atoms with Crippen molar-refractivity contribution in [3.05, 3.63) is 58.2 Å². The Labute approximate surface area is 182 Å². The molecule has 0 atom stereocenters. The molecule has 8 nitrogen and oxygen atoms in total. The van der Waals surface area contributed by atoms with Gasteiger partial charge in [-0.05, 0) is 56.3 Å². The molecule has 0 unspecified atom stereocenters. The Morgan fingerprint density at radius 3 is 2.77 bits per heavy atom. The van der Waals surface area contributed by atoms with Crippen molar-refractivity contribution < 1.29 is 19.4 Å². The van der Waals surface area contributed by atoms with E-state index < -0.39 is 5.91 Å². The van der Waals surface area contributed by atoms with Gasteiger partial charge in [0.05, 0.1) is 25.1 Å². The summed E-state index contributed by atoms with van der Waals surface area (Å²) in [7, 11) is 1.57. The topological polar surface area (TPSA) is 109 Å². The highest BCUT2D eigenvalue weighted by atomic mass is 79.9. The molecule has 3 aromatic rings. The first-order valence-electron chi connectivity index (χ1n) is 9.09. The molecule has 2 aromatic carbocycles. The second kappa shape index (κ2) is 9.45. The molecule has 1 amide bonds. The Kier molecular flexibility index (Phi) is 6.73. The number of nitrogens with one attached hydrogen (secondary N) is 2. The van der Waals surface area contributed by atoms with E-state index >= 15 is 0 Å². The van der Waals surface area contributed by atoms with Gasteiger partial charge in [-0.3, -0.25) is 9.89 Å². The number of aromatic nitrogens is 2. The second-order valence-corrected chi connectivity index (χ2v) is 7.52. The molecule has 1 aromatic heterocycles.